The molecule has 0 bridgehead atoms. The van der Waals surface area contributed by atoms with E-state index in [9.17, 15) is 18.0 Å². The summed E-state index contributed by atoms with van der Waals surface area (Å²) in [6.07, 6.45) is 1.28. The lowest BCUT2D eigenvalue weighted by molar-refractivity contribution is -0.325. The van der Waals surface area contributed by atoms with E-state index in [1.165, 1.54) is 0 Å². The van der Waals surface area contributed by atoms with E-state index in [0.717, 1.165) is 11.3 Å². The number of allylic oxidation sites excluding steroid dienone is 3. The summed E-state index contributed by atoms with van der Waals surface area (Å²) in [6.45, 7) is 2.51. The fraction of sp³-hybridized carbons (Fsp3) is 0.280. The van der Waals surface area contributed by atoms with Gasteiger partial charge in [-0.05, 0) is 35.6 Å². The van der Waals surface area contributed by atoms with Crippen molar-refractivity contribution in [2.24, 2.45) is 17.0 Å². The molecule has 0 spiro atoms. The molecule has 2 aromatic carbocycles. The van der Waals surface area contributed by atoms with Crippen LogP contribution in [0.5, 0.6) is 0 Å². The number of aliphatic carboxylic acids is 1. The molecule has 0 saturated heterocycles. The Hall–Kier alpha value is -3.55. The molecule has 0 aliphatic heterocycles. The number of nitrogens with zero attached hydrogens (tertiary/aromatic N) is 1. The van der Waals surface area contributed by atoms with E-state index in [1.807, 2.05) is 43.3 Å². The van der Waals surface area contributed by atoms with E-state index < -0.39 is 12.3 Å². The average Bonchev–Trinajstić information content (AvgIpc) is 2.78. The standard InChI is InChI=1S/C25H25F3N2O3/c1-17-20(16-29-21-13-10-18(11-14-21)12-15-23(31)32)8-5-9-22(17)24(30-33-25(26,27)28)19-6-3-2-4-7-19/h2-11,13-14,17,20,29H,12,15-16H2,1H3,(H,31,32). The van der Waals surface area contributed by atoms with Crippen LogP contribution >= 0.6 is 0 Å². The maximum atomic E-state index is 12.7. The van der Waals surface area contributed by atoms with Crippen molar-refractivity contribution in [1.29, 1.82) is 0 Å². The normalized spacial score (nSPS) is 18.5. The summed E-state index contributed by atoms with van der Waals surface area (Å²) in [5.74, 6) is -0.942. The first-order chi connectivity index (χ1) is 15.7. The van der Waals surface area contributed by atoms with Gasteiger partial charge in [-0.1, -0.05) is 72.8 Å². The number of hydrogen-bond donors (Lipinski definition) is 2. The van der Waals surface area contributed by atoms with Crippen LogP contribution < -0.4 is 5.32 Å². The van der Waals surface area contributed by atoms with Crippen LogP contribution in [0.15, 0.2) is 83.6 Å². The van der Waals surface area contributed by atoms with Gasteiger partial charge in [-0.25, -0.2) is 0 Å². The van der Waals surface area contributed by atoms with Crippen molar-refractivity contribution >= 4 is 17.4 Å². The lowest BCUT2D eigenvalue weighted by Gasteiger charge is -2.28. The second-order valence-electron chi connectivity index (χ2n) is 7.77. The van der Waals surface area contributed by atoms with E-state index in [2.05, 4.69) is 15.3 Å². The molecule has 0 heterocycles. The van der Waals surface area contributed by atoms with Crippen LogP contribution in [0.25, 0.3) is 0 Å². The number of carboxylic acid groups (broad SMARTS) is 1. The second kappa shape index (κ2) is 10.8. The molecule has 2 N–H and O–H groups in total. The third-order valence-electron chi connectivity index (χ3n) is 5.45. The van der Waals surface area contributed by atoms with Gasteiger partial charge in [-0.15, -0.1) is 13.2 Å². The SMILES string of the molecule is CC1C(C(=NOC(F)(F)F)c2ccccc2)=CC=CC1CNc1ccc(CCC(=O)O)cc1. The van der Waals surface area contributed by atoms with Crippen LogP contribution in [-0.2, 0) is 16.1 Å². The Balaban J connectivity index is 1.70. The quantitative estimate of drug-likeness (QED) is 0.368. The number of hydrogen-bond acceptors (Lipinski definition) is 4. The van der Waals surface area contributed by atoms with Gasteiger partial charge in [0.2, 0.25) is 0 Å². The number of benzene rings is 2. The van der Waals surface area contributed by atoms with Crippen molar-refractivity contribution in [3.63, 3.8) is 0 Å². The molecule has 0 amide bonds. The predicted molar refractivity (Wildman–Crippen MR) is 121 cm³/mol. The number of rotatable bonds is 9. The molecular weight excluding hydrogens is 433 g/mol. The minimum atomic E-state index is -4.87. The Kier molecular flexibility index (Phi) is 7.92. The van der Waals surface area contributed by atoms with Gasteiger partial charge in [0.25, 0.3) is 0 Å². The molecule has 3 rings (SSSR count). The summed E-state index contributed by atoms with van der Waals surface area (Å²) in [6, 6.07) is 16.2. The number of oxime groups is 1. The molecule has 0 aromatic heterocycles. The zero-order valence-electron chi connectivity index (χ0n) is 18.0. The Morgan fingerprint density at radius 3 is 2.45 bits per heavy atom. The van der Waals surface area contributed by atoms with Crippen LogP contribution in [0.3, 0.4) is 0 Å². The zero-order valence-corrected chi connectivity index (χ0v) is 18.0. The molecule has 2 atom stereocenters. The molecule has 33 heavy (non-hydrogen) atoms. The highest BCUT2D eigenvalue weighted by Crippen LogP contribution is 2.30. The second-order valence-corrected chi connectivity index (χ2v) is 7.77. The van der Waals surface area contributed by atoms with Crippen LogP contribution in [0, 0.1) is 11.8 Å². The van der Waals surface area contributed by atoms with Gasteiger partial charge in [0.05, 0.1) is 0 Å². The number of carbonyl (C=O) groups is 1. The van der Waals surface area contributed by atoms with Crippen LogP contribution in [-0.4, -0.2) is 29.7 Å². The molecule has 0 saturated carbocycles. The molecule has 5 nitrogen and oxygen atoms in total. The molecule has 1 aliphatic rings. The fourth-order valence-electron chi connectivity index (χ4n) is 3.63. The Morgan fingerprint density at radius 1 is 1.12 bits per heavy atom. The van der Waals surface area contributed by atoms with Gasteiger partial charge in [-0.2, -0.15) is 0 Å². The monoisotopic (exact) mass is 458 g/mol. The lowest BCUT2D eigenvalue weighted by atomic mass is 9.80. The van der Waals surface area contributed by atoms with E-state index in [-0.39, 0.29) is 24.0 Å². The number of alkyl halides is 3. The largest absolute Gasteiger partial charge is 0.593 e. The topological polar surface area (TPSA) is 70.9 Å². The summed E-state index contributed by atoms with van der Waals surface area (Å²) >= 11 is 0. The average molecular weight is 458 g/mol. The van der Waals surface area contributed by atoms with E-state index in [4.69, 9.17) is 5.11 Å². The van der Waals surface area contributed by atoms with Gasteiger partial charge in [0.15, 0.2) is 0 Å². The molecule has 0 radical (unpaired) electrons. The van der Waals surface area contributed by atoms with Crippen molar-refractivity contribution < 1.29 is 27.9 Å². The molecule has 174 valence electrons. The predicted octanol–water partition coefficient (Wildman–Crippen LogP) is 5.80. The number of carboxylic acids is 1. The molecule has 1 aliphatic carbocycles. The van der Waals surface area contributed by atoms with Gasteiger partial charge in [0.1, 0.15) is 5.71 Å². The van der Waals surface area contributed by atoms with Crippen molar-refractivity contribution in [2.45, 2.75) is 26.1 Å². The highest BCUT2D eigenvalue weighted by atomic mass is 19.4. The maximum Gasteiger partial charge on any atom is 0.593 e. The third kappa shape index (κ3) is 7.24. The van der Waals surface area contributed by atoms with E-state index in [0.29, 0.717) is 24.1 Å². The zero-order chi connectivity index (χ0) is 23.8. The smallest absolute Gasteiger partial charge is 0.481 e. The van der Waals surface area contributed by atoms with Crippen molar-refractivity contribution in [1.82, 2.24) is 0 Å². The van der Waals surface area contributed by atoms with Crippen LogP contribution in [0.4, 0.5) is 18.9 Å². The Morgan fingerprint density at radius 2 is 1.82 bits per heavy atom. The molecule has 0 fully saturated rings. The first-order valence-electron chi connectivity index (χ1n) is 10.5. The number of nitrogens with one attached hydrogen (secondary N) is 1. The lowest BCUT2D eigenvalue weighted by Crippen LogP contribution is -2.26. The van der Waals surface area contributed by atoms with Crippen molar-refractivity contribution in [3.8, 4) is 0 Å². The minimum Gasteiger partial charge on any atom is -0.481 e. The van der Waals surface area contributed by atoms with Gasteiger partial charge in [0, 0.05) is 30.1 Å². The summed E-state index contributed by atoms with van der Waals surface area (Å²) in [5, 5.41) is 15.6. The summed E-state index contributed by atoms with van der Waals surface area (Å²) in [7, 11) is 0. The molecular formula is C25H25F3N2O3. The molecule has 2 unspecified atom stereocenters. The summed E-state index contributed by atoms with van der Waals surface area (Å²) in [5.41, 5.74) is 3.16. The third-order valence-corrected chi connectivity index (χ3v) is 5.45. The molecule has 2 aromatic rings. The van der Waals surface area contributed by atoms with Gasteiger partial charge >= 0.3 is 12.3 Å². The highest BCUT2D eigenvalue weighted by molar-refractivity contribution is 6.13. The van der Waals surface area contributed by atoms with Crippen molar-refractivity contribution in [3.05, 3.63) is 89.5 Å². The van der Waals surface area contributed by atoms with Crippen molar-refractivity contribution in [2.75, 3.05) is 11.9 Å². The van der Waals surface area contributed by atoms with Gasteiger partial charge < -0.3 is 10.4 Å². The number of aryl methyl sites for hydroxylation is 1. The summed E-state index contributed by atoms with van der Waals surface area (Å²) in [4.78, 5) is 14.5. The van der Waals surface area contributed by atoms with E-state index in [1.54, 1.807) is 36.4 Å². The van der Waals surface area contributed by atoms with Gasteiger partial charge in [-0.3, -0.25) is 9.63 Å². The number of anilines is 1. The van der Waals surface area contributed by atoms with Crippen LogP contribution in [0.1, 0.15) is 24.5 Å². The number of halogens is 3. The van der Waals surface area contributed by atoms with E-state index >= 15 is 0 Å². The highest BCUT2D eigenvalue weighted by Gasteiger charge is 2.33. The molecule has 8 heteroatoms. The Labute approximate surface area is 190 Å². The minimum absolute atomic E-state index is 0.0106. The van der Waals surface area contributed by atoms with Crippen LogP contribution in [0.2, 0.25) is 0 Å². The summed E-state index contributed by atoms with van der Waals surface area (Å²) < 4.78 is 38.1. The fourth-order valence-corrected chi connectivity index (χ4v) is 3.63. The Bertz CT molecular complexity index is 1030. The maximum absolute atomic E-state index is 12.7. The first kappa shape index (κ1) is 24.1. The first-order valence-corrected chi connectivity index (χ1v) is 10.5.